The van der Waals surface area contributed by atoms with Gasteiger partial charge in [0.15, 0.2) is 0 Å². The minimum atomic E-state index is -0.0512. The lowest BCUT2D eigenvalue weighted by Gasteiger charge is -2.25. The number of nitrogens with one attached hydrogen (secondary N) is 1. The molecule has 0 aliphatic carbocycles. The highest BCUT2D eigenvalue weighted by atomic mass is 16.2. The number of likely N-dealkylation sites (tertiary alicyclic amines) is 1. The van der Waals surface area contributed by atoms with Crippen LogP contribution in [-0.4, -0.2) is 42.4 Å². The quantitative estimate of drug-likeness (QED) is 0.757. The van der Waals surface area contributed by atoms with Crippen LogP contribution >= 0.6 is 0 Å². The van der Waals surface area contributed by atoms with Crippen LogP contribution < -0.4 is 11.0 Å². The predicted octanol–water partition coefficient (Wildman–Crippen LogP) is 1.45. The Morgan fingerprint density at radius 3 is 2.85 bits per heavy atom. The molecule has 8 nitrogen and oxygen atoms in total. The van der Waals surface area contributed by atoms with Gasteiger partial charge in [0.05, 0.1) is 23.6 Å². The number of rotatable bonds is 4. The molecular formula is C19H24N6O2. The van der Waals surface area contributed by atoms with Crippen molar-refractivity contribution < 1.29 is 4.79 Å². The van der Waals surface area contributed by atoms with Gasteiger partial charge in [-0.25, -0.2) is 9.59 Å². The van der Waals surface area contributed by atoms with Crippen molar-refractivity contribution in [3.05, 3.63) is 52.7 Å². The maximum Gasteiger partial charge on any atom is 0.328 e. The molecule has 27 heavy (non-hydrogen) atoms. The lowest BCUT2D eigenvalue weighted by atomic mass is 10.2. The lowest BCUT2D eigenvalue weighted by Crippen LogP contribution is -2.44. The zero-order chi connectivity index (χ0) is 19.0. The molecule has 1 fully saturated rings. The van der Waals surface area contributed by atoms with Gasteiger partial charge in [0.25, 0.3) is 0 Å². The third-order valence-electron chi connectivity index (χ3n) is 5.38. The second-order valence-electron chi connectivity index (χ2n) is 7.10. The lowest BCUT2D eigenvalue weighted by molar-refractivity contribution is 0.185. The Bertz CT molecular complexity index is 1020. The van der Waals surface area contributed by atoms with Crippen LogP contribution in [0.2, 0.25) is 0 Å². The van der Waals surface area contributed by atoms with Gasteiger partial charge in [-0.15, -0.1) is 0 Å². The van der Waals surface area contributed by atoms with Gasteiger partial charge in [0, 0.05) is 39.6 Å². The SMILES string of the molecule is Cn1c(=O)n(C)c2cc(CNC(=O)N3CCC[C@H]3Cn3cccn3)ccc21. The molecule has 1 atom stereocenters. The summed E-state index contributed by atoms with van der Waals surface area (Å²) in [4.78, 5) is 26.6. The number of aryl methyl sites for hydroxylation is 2. The number of benzene rings is 1. The van der Waals surface area contributed by atoms with E-state index in [9.17, 15) is 9.59 Å². The van der Waals surface area contributed by atoms with Gasteiger partial charge in [-0.05, 0) is 36.6 Å². The number of carbonyl (C=O) groups excluding carboxylic acids is 1. The molecule has 1 aromatic carbocycles. The van der Waals surface area contributed by atoms with Crippen molar-refractivity contribution in [2.75, 3.05) is 6.54 Å². The van der Waals surface area contributed by atoms with Crippen molar-refractivity contribution in [1.29, 1.82) is 0 Å². The second-order valence-corrected chi connectivity index (χ2v) is 7.10. The number of hydrogen-bond acceptors (Lipinski definition) is 3. The van der Waals surface area contributed by atoms with E-state index in [1.54, 1.807) is 29.4 Å². The van der Waals surface area contributed by atoms with E-state index in [1.165, 1.54) is 0 Å². The Morgan fingerprint density at radius 2 is 2.07 bits per heavy atom. The summed E-state index contributed by atoms with van der Waals surface area (Å²) in [5.41, 5.74) is 2.67. The third-order valence-corrected chi connectivity index (χ3v) is 5.38. The van der Waals surface area contributed by atoms with Crippen LogP contribution in [0.1, 0.15) is 18.4 Å². The van der Waals surface area contributed by atoms with Crippen LogP contribution in [0.5, 0.6) is 0 Å². The van der Waals surface area contributed by atoms with E-state index in [2.05, 4.69) is 10.4 Å². The van der Waals surface area contributed by atoms with E-state index in [1.807, 2.05) is 40.0 Å². The summed E-state index contributed by atoms with van der Waals surface area (Å²) in [6.45, 7) is 1.92. The predicted molar refractivity (Wildman–Crippen MR) is 102 cm³/mol. The van der Waals surface area contributed by atoms with E-state index in [0.29, 0.717) is 6.54 Å². The highest BCUT2D eigenvalue weighted by molar-refractivity contribution is 5.78. The molecule has 0 unspecified atom stereocenters. The molecule has 3 heterocycles. The maximum absolute atomic E-state index is 12.7. The minimum Gasteiger partial charge on any atom is -0.334 e. The number of urea groups is 1. The molecule has 2 amide bonds. The van der Waals surface area contributed by atoms with Gasteiger partial charge in [-0.2, -0.15) is 5.10 Å². The van der Waals surface area contributed by atoms with Gasteiger partial charge in [-0.3, -0.25) is 13.8 Å². The average molecular weight is 368 g/mol. The standard InChI is InChI=1S/C19H24N6O2/c1-22-16-7-6-14(11-17(16)23(2)19(22)27)12-20-18(26)25-10-3-5-15(25)13-24-9-4-8-21-24/h4,6-9,11,15H,3,5,10,12-13H2,1-2H3,(H,20,26)/t15-/m0/s1. The van der Waals surface area contributed by atoms with Crippen LogP contribution in [-0.2, 0) is 27.2 Å². The Hall–Kier alpha value is -3.03. The number of aromatic nitrogens is 4. The van der Waals surface area contributed by atoms with Crippen molar-refractivity contribution in [2.45, 2.75) is 32.0 Å². The molecule has 1 N–H and O–H groups in total. The van der Waals surface area contributed by atoms with Crippen molar-refractivity contribution in [1.82, 2.24) is 29.1 Å². The smallest absolute Gasteiger partial charge is 0.328 e. The summed E-state index contributed by atoms with van der Waals surface area (Å²) in [5, 5.41) is 7.26. The molecule has 0 spiro atoms. The summed E-state index contributed by atoms with van der Waals surface area (Å²) >= 11 is 0. The van der Waals surface area contributed by atoms with Gasteiger partial charge in [-0.1, -0.05) is 6.07 Å². The van der Waals surface area contributed by atoms with Crippen LogP contribution in [0, 0.1) is 0 Å². The Kier molecular flexibility index (Phi) is 4.47. The summed E-state index contributed by atoms with van der Waals surface area (Å²) in [6, 6.07) is 7.85. The third kappa shape index (κ3) is 3.22. The first-order chi connectivity index (χ1) is 13.0. The van der Waals surface area contributed by atoms with Crippen molar-refractivity contribution in [2.24, 2.45) is 14.1 Å². The first kappa shape index (κ1) is 17.4. The summed E-state index contributed by atoms with van der Waals surface area (Å²) in [6.07, 6.45) is 5.68. The van der Waals surface area contributed by atoms with E-state index >= 15 is 0 Å². The summed E-state index contributed by atoms with van der Waals surface area (Å²) in [5.74, 6) is 0. The highest BCUT2D eigenvalue weighted by Gasteiger charge is 2.28. The molecule has 1 aliphatic rings. The Balaban J connectivity index is 1.43. The first-order valence-electron chi connectivity index (χ1n) is 9.21. The van der Waals surface area contributed by atoms with Crippen LogP contribution in [0.25, 0.3) is 11.0 Å². The molecule has 1 aliphatic heterocycles. The zero-order valence-electron chi connectivity index (χ0n) is 15.6. The van der Waals surface area contributed by atoms with E-state index in [0.717, 1.165) is 42.5 Å². The molecule has 0 bridgehead atoms. The first-order valence-corrected chi connectivity index (χ1v) is 9.21. The molecule has 3 aromatic rings. The second kappa shape index (κ2) is 6.94. The molecule has 1 saturated heterocycles. The van der Waals surface area contributed by atoms with Crippen molar-refractivity contribution in [3.8, 4) is 0 Å². The van der Waals surface area contributed by atoms with Crippen LogP contribution in [0.15, 0.2) is 41.5 Å². The summed E-state index contributed by atoms with van der Waals surface area (Å²) in [7, 11) is 3.52. The van der Waals surface area contributed by atoms with Crippen molar-refractivity contribution >= 4 is 17.1 Å². The van der Waals surface area contributed by atoms with Crippen LogP contribution in [0.4, 0.5) is 4.79 Å². The monoisotopic (exact) mass is 368 g/mol. The number of amides is 2. The number of nitrogens with zero attached hydrogens (tertiary/aromatic N) is 5. The molecule has 142 valence electrons. The number of hydrogen-bond donors (Lipinski definition) is 1. The number of carbonyl (C=O) groups is 1. The molecule has 0 radical (unpaired) electrons. The molecule has 0 saturated carbocycles. The summed E-state index contributed by atoms with van der Waals surface area (Å²) < 4.78 is 5.13. The van der Waals surface area contributed by atoms with E-state index < -0.39 is 0 Å². The van der Waals surface area contributed by atoms with Gasteiger partial charge >= 0.3 is 11.7 Å². The topological polar surface area (TPSA) is 77.1 Å². The highest BCUT2D eigenvalue weighted by Crippen LogP contribution is 2.19. The average Bonchev–Trinajstić information content (AvgIpc) is 3.40. The Labute approximate surface area is 157 Å². The largest absolute Gasteiger partial charge is 0.334 e. The maximum atomic E-state index is 12.7. The molecular weight excluding hydrogens is 344 g/mol. The van der Waals surface area contributed by atoms with E-state index in [4.69, 9.17) is 0 Å². The number of imidazole rings is 1. The fourth-order valence-electron chi connectivity index (χ4n) is 3.86. The molecule has 8 heteroatoms. The zero-order valence-corrected chi connectivity index (χ0v) is 15.6. The fourth-order valence-corrected chi connectivity index (χ4v) is 3.86. The Morgan fingerprint density at radius 1 is 1.26 bits per heavy atom. The normalized spacial score (nSPS) is 17.0. The minimum absolute atomic E-state index is 0.0493. The number of fused-ring (bicyclic) bond motifs is 1. The molecule has 2 aromatic heterocycles. The van der Waals surface area contributed by atoms with Gasteiger partial charge in [0.1, 0.15) is 0 Å². The molecule has 4 rings (SSSR count). The fraction of sp³-hybridized carbons (Fsp3) is 0.421. The van der Waals surface area contributed by atoms with Crippen molar-refractivity contribution in [3.63, 3.8) is 0 Å². The van der Waals surface area contributed by atoms with Crippen LogP contribution in [0.3, 0.4) is 0 Å². The van der Waals surface area contributed by atoms with Gasteiger partial charge < -0.3 is 10.2 Å². The van der Waals surface area contributed by atoms with Gasteiger partial charge in [0.2, 0.25) is 0 Å². The van der Waals surface area contributed by atoms with E-state index in [-0.39, 0.29) is 17.8 Å².